The molecule has 0 saturated heterocycles. The van der Waals surface area contributed by atoms with Crippen LogP contribution in [0.4, 0.5) is 0 Å². The Bertz CT molecular complexity index is 196. The Morgan fingerprint density at radius 3 is 2.29 bits per heavy atom. The number of carbonyl (C=O) groups is 1. The summed E-state index contributed by atoms with van der Waals surface area (Å²) in [5, 5.41) is 18.3. The van der Waals surface area contributed by atoms with Gasteiger partial charge >= 0.3 is 0 Å². The quantitative estimate of drug-likeness (QED) is 0.458. The Kier molecular flexibility index (Phi) is 8.44. The molecular formula is C14H28O3. The zero-order valence-electron chi connectivity index (χ0n) is 11.5. The van der Waals surface area contributed by atoms with Crippen molar-refractivity contribution in [1.29, 1.82) is 0 Å². The molecule has 0 bridgehead atoms. The summed E-state index contributed by atoms with van der Waals surface area (Å²) in [5.41, 5.74) is -0.604. The van der Waals surface area contributed by atoms with Crippen LogP contribution in [0.5, 0.6) is 0 Å². The minimum atomic E-state index is -0.604. The van der Waals surface area contributed by atoms with Crippen molar-refractivity contribution >= 4 is 6.29 Å². The molecule has 0 aliphatic carbocycles. The molecule has 0 radical (unpaired) electrons. The number of aliphatic hydroxyl groups is 2. The van der Waals surface area contributed by atoms with Crippen molar-refractivity contribution in [2.75, 3.05) is 6.61 Å². The van der Waals surface area contributed by atoms with E-state index in [0.717, 1.165) is 44.8 Å². The van der Waals surface area contributed by atoms with Crippen LogP contribution < -0.4 is 0 Å². The van der Waals surface area contributed by atoms with Crippen molar-refractivity contribution in [1.82, 2.24) is 0 Å². The van der Waals surface area contributed by atoms with Crippen LogP contribution in [0.3, 0.4) is 0 Å². The molecule has 0 saturated carbocycles. The van der Waals surface area contributed by atoms with Gasteiger partial charge in [0.25, 0.3) is 0 Å². The minimum Gasteiger partial charge on any atom is -0.396 e. The van der Waals surface area contributed by atoms with E-state index in [0.29, 0.717) is 5.92 Å². The normalized spacial score (nSPS) is 15.6. The van der Waals surface area contributed by atoms with E-state index < -0.39 is 5.60 Å². The van der Waals surface area contributed by atoms with Crippen LogP contribution in [0, 0.1) is 11.8 Å². The Balaban J connectivity index is 3.83. The summed E-state index contributed by atoms with van der Waals surface area (Å²) in [6, 6.07) is 0. The predicted octanol–water partition coefficient (Wildman–Crippen LogP) is 2.54. The van der Waals surface area contributed by atoms with Crippen molar-refractivity contribution in [3.05, 3.63) is 0 Å². The standard InChI is InChI=1S/C14H28O3/c1-12(7-6-9-14(2,3)17)13(11-16)8-4-5-10-15/h11-13,15,17H,4-10H2,1-3H3. The number of aldehydes is 1. The van der Waals surface area contributed by atoms with E-state index in [9.17, 15) is 9.90 Å². The Hall–Kier alpha value is -0.410. The largest absolute Gasteiger partial charge is 0.396 e. The molecule has 17 heavy (non-hydrogen) atoms. The lowest BCUT2D eigenvalue weighted by Gasteiger charge is -2.21. The number of unbranched alkanes of at least 4 members (excludes halogenated alkanes) is 1. The summed E-state index contributed by atoms with van der Waals surface area (Å²) in [6.07, 6.45) is 6.32. The lowest BCUT2D eigenvalue weighted by Crippen LogP contribution is -2.19. The first-order chi connectivity index (χ1) is 7.90. The van der Waals surface area contributed by atoms with Crippen LogP contribution in [-0.4, -0.2) is 28.7 Å². The molecule has 2 atom stereocenters. The van der Waals surface area contributed by atoms with Gasteiger partial charge in [-0.2, -0.15) is 0 Å². The lowest BCUT2D eigenvalue weighted by atomic mass is 9.85. The van der Waals surface area contributed by atoms with E-state index in [1.54, 1.807) is 0 Å². The van der Waals surface area contributed by atoms with E-state index in [-0.39, 0.29) is 12.5 Å². The topological polar surface area (TPSA) is 57.5 Å². The van der Waals surface area contributed by atoms with E-state index in [1.807, 2.05) is 13.8 Å². The molecule has 3 nitrogen and oxygen atoms in total. The van der Waals surface area contributed by atoms with Gasteiger partial charge in [-0.3, -0.25) is 0 Å². The first kappa shape index (κ1) is 16.6. The molecule has 2 N–H and O–H groups in total. The summed E-state index contributed by atoms with van der Waals surface area (Å²) in [6.45, 7) is 5.94. The molecule has 0 fully saturated rings. The third-order valence-electron chi connectivity index (χ3n) is 3.30. The maximum atomic E-state index is 11.0. The molecule has 0 amide bonds. The van der Waals surface area contributed by atoms with Crippen LogP contribution in [0.15, 0.2) is 0 Å². The fourth-order valence-corrected chi connectivity index (χ4v) is 2.05. The maximum absolute atomic E-state index is 11.0. The molecule has 0 rings (SSSR count). The third-order valence-corrected chi connectivity index (χ3v) is 3.30. The second kappa shape index (κ2) is 8.65. The van der Waals surface area contributed by atoms with Gasteiger partial charge in [0.1, 0.15) is 6.29 Å². The highest BCUT2D eigenvalue weighted by atomic mass is 16.3. The molecule has 102 valence electrons. The molecule has 3 heteroatoms. The average Bonchev–Trinajstić information content (AvgIpc) is 2.22. The van der Waals surface area contributed by atoms with Gasteiger partial charge < -0.3 is 15.0 Å². The van der Waals surface area contributed by atoms with Crippen LogP contribution in [0.1, 0.15) is 59.3 Å². The first-order valence-electron chi connectivity index (χ1n) is 6.69. The van der Waals surface area contributed by atoms with E-state index >= 15 is 0 Å². The summed E-state index contributed by atoms with van der Waals surface area (Å²) < 4.78 is 0. The zero-order valence-corrected chi connectivity index (χ0v) is 11.5. The van der Waals surface area contributed by atoms with Gasteiger partial charge in [-0.1, -0.05) is 19.8 Å². The number of carbonyl (C=O) groups excluding carboxylic acids is 1. The smallest absolute Gasteiger partial charge is 0.123 e. The van der Waals surface area contributed by atoms with Crippen molar-refractivity contribution in [3.8, 4) is 0 Å². The molecule has 0 heterocycles. The maximum Gasteiger partial charge on any atom is 0.123 e. The predicted molar refractivity (Wildman–Crippen MR) is 69.8 cm³/mol. The van der Waals surface area contributed by atoms with Crippen LogP contribution >= 0.6 is 0 Å². The highest BCUT2D eigenvalue weighted by Gasteiger charge is 2.18. The summed E-state index contributed by atoms with van der Waals surface area (Å²) in [5.74, 6) is 0.469. The Labute approximate surface area is 105 Å². The van der Waals surface area contributed by atoms with Crippen molar-refractivity contribution in [2.45, 2.75) is 64.9 Å². The van der Waals surface area contributed by atoms with Gasteiger partial charge in [-0.15, -0.1) is 0 Å². The highest BCUT2D eigenvalue weighted by molar-refractivity contribution is 5.53. The van der Waals surface area contributed by atoms with Crippen molar-refractivity contribution in [2.24, 2.45) is 11.8 Å². The van der Waals surface area contributed by atoms with E-state index in [2.05, 4.69) is 6.92 Å². The SMILES string of the molecule is CC(CCCC(C)(C)O)C(C=O)CCCCO. The van der Waals surface area contributed by atoms with E-state index in [4.69, 9.17) is 5.11 Å². The Morgan fingerprint density at radius 1 is 1.18 bits per heavy atom. The molecule has 2 unspecified atom stereocenters. The van der Waals surface area contributed by atoms with Crippen molar-refractivity contribution < 1.29 is 15.0 Å². The van der Waals surface area contributed by atoms with Crippen LogP contribution in [-0.2, 0) is 4.79 Å². The third kappa shape index (κ3) is 9.31. The average molecular weight is 244 g/mol. The molecule has 0 aliphatic rings. The molecule has 0 aromatic carbocycles. The van der Waals surface area contributed by atoms with Crippen LogP contribution in [0.2, 0.25) is 0 Å². The van der Waals surface area contributed by atoms with Gasteiger partial charge in [-0.25, -0.2) is 0 Å². The number of rotatable bonds is 10. The zero-order chi connectivity index (χ0) is 13.3. The summed E-state index contributed by atoms with van der Waals surface area (Å²) in [4.78, 5) is 11.0. The molecule has 0 spiro atoms. The number of hydrogen-bond donors (Lipinski definition) is 2. The minimum absolute atomic E-state index is 0.100. The van der Waals surface area contributed by atoms with Gasteiger partial charge in [-0.05, 0) is 45.4 Å². The first-order valence-corrected chi connectivity index (χ1v) is 6.69. The van der Waals surface area contributed by atoms with Gasteiger partial charge in [0.15, 0.2) is 0 Å². The second-order valence-electron chi connectivity index (χ2n) is 5.70. The molecule has 0 aromatic heterocycles. The van der Waals surface area contributed by atoms with Crippen LogP contribution in [0.25, 0.3) is 0 Å². The number of hydrogen-bond acceptors (Lipinski definition) is 3. The molecule has 0 aromatic rings. The Morgan fingerprint density at radius 2 is 1.82 bits per heavy atom. The fraction of sp³-hybridized carbons (Fsp3) is 0.929. The van der Waals surface area contributed by atoms with E-state index in [1.165, 1.54) is 0 Å². The second-order valence-corrected chi connectivity index (χ2v) is 5.70. The molecule has 0 aliphatic heterocycles. The lowest BCUT2D eigenvalue weighted by molar-refractivity contribution is -0.112. The highest BCUT2D eigenvalue weighted by Crippen LogP contribution is 2.23. The summed E-state index contributed by atoms with van der Waals surface area (Å²) >= 11 is 0. The summed E-state index contributed by atoms with van der Waals surface area (Å²) in [7, 11) is 0. The van der Waals surface area contributed by atoms with Gasteiger partial charge in [0.2, 0.25) is 0 Å². The van der Waals surface area contributed by atoms with Gasteiger partial charge in [0, 0.05) is 12.5 Å². The fourth-order valence-electron chi connectivity index (χ4n) is 2.05. The van der Waals surface area contributed by atoms with Gasteiger partial charge in [0.05, 0.1) is 5.60 Å². The molecular weight excluding hydrogens is 216 g/mol. The van der Waals surface area contributed by atoms with Crippen molar-refractivity contribution in [3.63, 3.8) is 0 Å². The monoisotopic (exact) mass is 244 g/mol. The number of aliphatic hydroxyl groups excluding tert-OH is 1.